The molecule has 0 aliphatic carbocycles. The third-order valence-corrected chi connectivity index (χ3v) is 4.57. The lowest BCUT2D eigenvalue weighted by molar-refractivity contribution is -0.383. The van der Waals surface area contributed by atoms with Gasteiger partial charge >= 0.3 is 0 Å². The SMILES string of the molecule is COc1cc([N+](=O)[O-])c2nccc(C)c2c1Oc1ccccc1Oc1ccccc1. The normalized spacial score (nSPS) is 10.6. The zero-order valence-corrected chi connectivity index (χ0v) is 16.4. The molecule has 150 valence electrons. The van der Waals surface area contributed by atoms with E-state index in [0.29, 0.717) is 28.4 Å². The Morgan fingerprint density at radius 1 is 0.900 bits per heavy atom. The number of ether oxygens (including phenoxy) is 3. The van der Waals surface area contributed by atoms with Crippen molar-refractivity contribution in [2.45, 2.75) is 6.92 Å². The number of fused-ring (bicyclic) bond motifs is 1. The van der Waals surface area contributed by atoms with Gasteiger partial charge < -0.3 is 14.2 Å². The Balaban J connectivity index is 1.86. The molecule has 1 aromatic heterocycles. The van der Waals surface area contributed by atoms with Gasteiger partial charge in [-0.2, -0.15) is 0 Å². The number of nitro groups is 1. The number of hydrogen-bond donors (Lipinski definition) is 0. The molecule has 0 atom stereocenters. The van der Waals surface area contributed by atoms with Gasteiger partial charge in [-0.05, 0) is 42.8 Å². The van der Waals surface area contributed by atoms with Crippen molar-refractivity contribution < 1.29 is 19.1 Å². The highest BCUT2D eigenvalue weighted by molar-refractivity contribution is 5.97. The lowest BCUT2D eigenvalue weighted by Crippen LogP contribution is -1.99. The number of methoxy groups -OCH3 is 1. The maximum atomic E-state index is 11.6. The van der Waals surface area contributed by atoms with Crippen LogP contribution in [0.5, 0.6) is 28.7 Å². The highest BCUT2D eigenvalue weighted by Crippen LogP contribution is 2.45. The fourth-order valence-corrected chi connectivity index (χ4v) is 3.16. The summed E-state index contributed by atoms with van der Waals surface area (Å²) in [6.07, 6.45) is 1.54. The molecule has 0 aliphatic rings. The second-order valence-electron chi connectivity index (χ2n) is 6.50. The van der Waals surface area contributed by atoms with Crippen LogP contribution in [0.25, 0.3) is 10.9 Å². The van der Waals surface area contributed by atoms with Gasteiger partial charge in [0.1, 0.15) is 5.75 Å². The molecule has 7 heteroatoms. The van der Waals surface area contributed by atoms with E-state index in [1.54, 1.807) is 18.2 Å². The summed E-state index contributed by atoms with van der Waals surface area (Å²) < 4.78 is 17.6. The third-order valence-electron chi connectivity index (χ3n) is 4.57. The van der Waals surface area contributed by atoms with Crippen molar-refractivity contribution in [3.05, 3.63) is 88.6 Å². The number of rotatable bonds is 6. The van der Waals surface area contributed by atoms with Crippen molar-refractivity contribution in [3.8, 4) is 28.7 Å². The quantitative estimate of drug-likeness (QED) is 0.289. The summed E-state index contributed by atoms with van der Waals surface area (Å²) >= 11 is 0. The lowest BCUT2D eigenvalue weighted by Gasteiger charge is -2.17. The summed E-state index contributed by atoms with van der Waals surface area (Å²) in [5.41, 5.74) is 0.863. The molecule has 0 amide bonds. The molecule has 30 heavy (non-hydrogen) atoms. The summed E-state index contributed by atoms with van der Waals surface area (Å²) in [5, 5.41) is 12.1. The number of hydrogen-bond acceptors (Lipinski definition) is 6. The van der Waals surface area contributed by atoms with E-state index < -0.39 is 4.92 Å². The number of nitro benzene ring substituents is 1. The Morgan fingerprint density at radius 3 is 2.23 bits per heavy atom. The van der Waals surface area contributed by atoms with E-state index in [1.165, 1.54) is 19.4 Å². The molecule has 0 unspecified atom stereocenters. The van der Waals surface area contributed by atoms with Gasteiger partial charge in [-0.25, -0.2) is 4.98 Å². The van der Waals surface area contributed by atoms with E-state index in [4.69, 9.17) is 14.2 Å². The smallest absolute Gasteiger partial charge is 0.299 e. The van der Waals surface area contributed by atoms with Crippen molar-refractivity contribution in [2.75, 3.05) is 7.11 Å². The number of non-ortho nitro benzene ring substituents is 1. The van der Waals surface area contributed by atoms with Gasteiger partial charge in [-0.1, -0.05) is 30.3 Å². The predicted molar refractivity (Wildman–Crippen MR) is 113 cm³/mol. The van der Waals surface area contributed by atoms with Crippen LogP contribution in [0.15, 0.2) is 72.9 Å². The van der Waals surface area contributed by atoms with Crippen LogP contribution < -0.4 is 14.2 Å². The molecule has 0 N–H and O–H groups in total. The zero-order valence-electron chi connectivity index (χ0n) is 16.4. The van der Waals surface area contributed by atoms with Crippen LogP contribution in [0.4, 0.5) is 5.69 Å². The van der Waals surface area contributed by atoms with Crippen LogP contribution in [0.3, 0.4) is 0 Å². The maximum Gasteiger partial charge on any atom is 0.299 e. The van der Waals surface area contributed by atoms with E-state index in [-0.39, 0.29) is 17.0 Å². The molecule has 7 nitrogen and oxygen atoms in total. The molecule has 4 rings (SSSR count). The molecule has 0 fully saturated rings. The summed E-state index contributed by atoms with van der Waals surface area (Å²) in [7, 11) is 1.44. The molecule has 0 saturated carbocycles. The van der Waals surface area contributed by atoms with Gasteiger partial charge in [-0.3, -0.25) is 10.1 Å². The highest BCUT2D eigenvalue weighted by atomic mass is 16.6. The number of nitrogens with zero attached hydrogens (tertiary/aromatic N) is 2. The standard InChI is InChI=1S/C23H18N2O5/c1-15-12-13-24-22-17(25(26)27)14-20(28-2)23(21(15)22)30-19-11-7-6-10-18(19)29-16-8-4-3-5-9-16/h3-14H,1-2H3. The topological polar surface area (TPSA) is 83.7 Å². The van der Waals surface area contributed by atoms with Crippen molar-refractivity contribution in [3.63, 3.8) is 0 Å². The van der Waals surface area contributed by atoms with E-state index in [9.17, 15) is 10.1 Å². The van der Waals surface area contributed by atoms with Crippen LogP contribution in [-0.2, 0) is 0 Å². The van der Waals surface area contributed by atoms with Crippen LogP contribution in [0.2, 0.25) is 0 Å². The summed E-state index contributed by atoms with van der Waals surface area (Å²) in [4.78, 5) is 15.3. The fraction of sp³-hybridized carbons (Fsp3) is 0.0870. The van der Waals surface area contributed by atoms with Crippen molar-refractivity contribution in [2.24, 2.45) is 0 Å². The molecule has 0 spiro atoms. The van der Waals surface area contributed by atoms with Gasteiger partial charge in [0, 0.05) is 6.20 Å². The molecule has 0 aliphatic heterocycles. The van der Waals surface area contributed by atoms with E-state index >= 15 is 0 Å². The first-order valence-electron chi connectivity index (χ1n) is 9.19. The summed E-state index contributed by atoms with van der Waals surface area (Å²) in [6.45, 7) is 1.84. The molecule has 0 bridgehead atoms. The van der Waals surface area contributed by atoms with Crippen LogP contribution >= 0.6 is 0 Å². The largest absolute Gasteiger partial charge is 0.493 e. The molecule has 3 aromatic carbocycles. The predicted octanol–water partition coefficient (Wildman–Crippen LogP) is 6.04. The molecule has 4 aromatic rings. The van der Waals surface area contributed by atoms with Crippen molar-refractivity contribution >= 4 is 16.6 Å². The number of para-hydroxylation sites is 3. The average Bonchev–Trinajstić information content (AvgIpc) is 2.75. The Bertz CT molecular complexity index is 1230. The second kappa shape index (κ2) is 8.08. The lowest BCUT2D eigenvalue weighted by atomic mass is 10.1. The van der Waals surface area contributed by atoms with Gasteiger partial charge in [0.25, 0.3) is 5.69 Å². The average molecular weight is 402 g/mol. The minimum Gasteiger partial charge on any atom is -0.493 e. The minimum atomic E-state index is -0.479. The Kier molecular flexibility index (Phi) is 5.17. The summed E-state index contributed by atoms with van der Waals surface area (Å²) in [6, 6.07) is 19.6. The van der Waals surface area contributed by atoms with E-state index in [1.807, 2.05) is 49.4 Å². The number of aryl methyl sites for hydroxylation is 1. The highest BCUT2D eigenvalue weighted by Gasteiger charge is 2.24. The zero-order chi connectivity index (χ0) is 21.1. The fourth-order valence-electron chi connectivity index (χ4n) is 3.16. The van der Waals surface area contributed by atoms with Gasteiger partial charge in [-0.15, -0.1) is 0 Å². The van der Waals surface area contributed by atoms with Crippen LogP contribution in [-0.4, -0.2) is 17.0 Å². The Morgan fingerprint density at radius 2 is 1.57 bits per heavy atom. The van der Waals surface area contributed by atoms with Gasteiger partial charge in [0.15, 0.2) is 28.5 Å². The summed E-state index contributed by atoms with van der Waals surface area (Å²) in [5.74, 6) is 2.18. The first-order valence-corrected chi connectivity index (χ1v) is 9.19. The van der Waals surface area contributed by atoms with Crippen LogP contribution in [0.1, 0.15) is 5.56 Å². The maximum absolute atomic E-state index is 11.6. The minimum absolute atomic E-state index is 0.147. The molecule has 1 heterocycles. The number of benzene rings is 3. The Hall–Kier alpha value is -4.13. The number of pyridine rings is 1. The van der Waals surface area contributed by atoms with E-state index in [2.05, 4.69) is 4.98 Å². The van der Waals surface area contributed by atoms with E-state index in [0.717, 1.165) is 5.56 Å². The van der Waals surface area contributed by atoms with Gasteiger partial charge in [0.05, 0.1) is 23.5 Å². The monoisotopic (exact) mass is 402 g/mol. The first-order chi connectivity index (χ1) is 14.6. The molecule has 0 radical (unpaired) electrons. The Labute approximate surface area is 172 Å². The second-order valence-corrected chi connectivity index (χ2v) is 6.50. The molecule has 0 saturated heterocycles. The third kappa shape index (κ3) is 3.60. The number of aromatic nitrogens is 1. The molecular formula is C23H18N2O5. The van der Waals surface area contributed by atoms with Crippen molar-refractivity contribution in [1.29, 1.82) is 0 Å². The van der Waals surface area contributed by atoms with Crippen molar-refractivity contribution in [1.82, 2.24) is 4.98 Å². The first kappa shape index (κ1) is 19.2. The molecular weight excluding hydrogens is 384 g/mol. The van der Waals surface area contributed by atoms with Crippen LogP contribution in [0, 0.1) is 17.0 Å². The van der Waals surface area contributed by atoms with Gasteiger partial charge in [0.2, 0.25) is 0 Å².